The van der Waals surface area contributed by atoms with Gasteiger partial charge in [-0.05, 0) is 144 Å². The van der Waals surface area contributed by atoms with Crippen molar-refractivity contribution in [3.05, 3.63) is 309 Å². The Morgan fingerprint density at radius 3 is 0.886 bits per heavy atom. The van der Waals surface area contributed by atoms with Gasteiger partial charge in [0.15, 0.2) is 0 Å². The van der Waals surface area contributed by atoms with Crippen molar-refractivity contribution < 1.29 is 8.85 Å². The minimum Gasteiger partial charge on any atom is -0.457 e. The quantitative estimate of drug-likeness (QED) is 0.115. The molecule has 0 N–H and O–H groups in total. The molecule has 0 aliphatic rings. The Morgan fingerprint density at radius 2 is 0.500 bits per heavy atom. The third-order valence-corrected chi connectivity index (χ3v) is 11.7. The number of rotatable bonds is 13. The molecular weight excluding hydrogens is 851 g/mol. The monoisotopic (exact) mass is 907 g/mol. The number of hydrogen-bond acceptors (Lipinski definition) is 4. The number of ether oxygens (including phenoxy) is 1. The second-order valence-corrected chi connectivity index (χ2v) is 16.4. The van der Waals surface area contributed by atoms with E-state index in [0.717, 1.165) is 67.9 Å². The standard InChI is InChI=1S/C48H36N2O.C18H15N/c1-5-14-37(15-6-1)39-24-28-43(29-25-39)49(41-18-9-3-10-19-41)45-32-34-47(35-33-45)51-48-23-13-22-46(36-48)50(42-20-11-4-12-21-42)44-30-26-40(27-31-44)38-16-7-2-8-17-38;1-4-10-16(11-5-1)19(17-12-6-2-7-13-17)18-14-8-3-9-15-18/h1-36H;1-15H/i9T,11T;4T. The van der Waals surface area contributed by atoms with Crippen LogP contribution < -0.4 is 19.4 Å². The van der Waals surface area contributed by atoms with E-state index in [1.165, 1.54) is 5.56 Å². The summed E-state index contributed by atoms with van der Waals surface area (Å²) in [6.07, 6.45) is 0. The van der Waals surface area contributed by atoms with Crippen LogP contribution in [0.15, 0.2) is 309 Å². The Hall–Kier alpha value is -9.38. The smallest absolute Gasteiger partial charge is 0.129 e. The van der Waals surface area contributed by atoms with Crippen LogP contribution in [0.4, 0.5) is 51.2 Å². The van der Waals surface area contributed by atoms with E-state index in [1.807, 2.05) is 170 Å². The van der Waals surface area contributed by atoms with Crippen LogP contribution >= 0.6 is 0 Å². The maximum absolute atomic E-state index is 8.34. The molecule has 0 amide bonds. The van der Waals surface area contributed by atoms with Crippen LogP contribution in [0.3, 0.4) is 0 Å². The number of hydrogen-bond donors (Lipinski definition) is 0. The van der Waals surface area contributed by atoms with Gasteiger partial charge < -0.3 is 19.4 Å². The number of nitrogens with zero attached hydrogens (tertiary/aromatic N) is 3. The zero-order valence-corrected chi connectivity index (χ0v) is 38.5. The van der Waals surface area contributed by atoms with E-state index in [1.54, 1.807) is 18.2 Å². The molecular formula is C66H51N3O. The van der Waals surface area contributed by atoms with Crippen molar-refractivity contribution in [3.63, 3.8) is 0 Å². The van der Waals surface area contributed by atoms with Gasteiger partial charge in [0, 0.05) is 57.3 Å². The Kier molecular flexibility index (Phi) is 12.8. The lowest BCUT2D eigenvalue weighted by atomic mass is 10.0. The van der Waals surface area contributed by atoms with Crippen molar-refractivity contribution in [2.75, 3.05) is 14.7 Å². The highest BCUT2D eigenvalue weighted by Gasteiger charge is 2.16. The molecule has 0 fully saturated rings. The Labute approximate surface area is 416 Å². The minimum atomic E-state index is 0.441. The van der Waals surface area contributed by atoms with E-state index in [-0.39, 0.29) is 0 Å². The van der Waals surface area contributed by atoms with Crippen LogP contribution in [0.5, 0.6) is 11.5 Å². The highest BCUT2D eigenvalue weighted by molar-refractivity contribution is 5.81. The lowest BCUT2D eigenvalue weighted by molar-refractivity contribution is 0.483. The fraction of sp³-hybridized carbons (Fsp3) is 0. The van der Waals surface area contributed by atoms with Crippen molar-refractivity contribution in [2.45, 2.75) is 0 Å². The lowest BCUT2D eigenvalue weighted by Crippen LogP contribution is -2.10. The van der Waals surface area contributed by atoms with Crippen LogP contribution in [0.25, 0.3) is 22.3 Å². The van der Waals surface area contributed by atoms with Crippen molar-refractivity contribution >= 4 is 51.2 Å². The van der Waals surface area contributed by atoms with Crippen molar-refractivity contribution in [2.24, 2.45) is 0 Å². The van der Waals surface area contributed by atoms with Gasteiger partial charge >= 0.3 is 0 Å². The average Bonchev–Trinajstić information content (AvgIpc) is 3.44. The molecule has 11 aromatic carbocycles. The second kappa shape index (κ2) is 21.9. The third-order valence-electron chi connectivity index (χ3n) is 11.7. The number of para-hydroxylation sites is 5. The normalized spacial score (nSPS) is 11.2. The Morgan fingerprint density at radius 1 is 0.214 bits per heavy atom. The maximum atomic E-state index is 8.34. The summed E-state index contributed by atoms with van der Waals surface area (Å²) in [5, 5.41) is 0. The summed E-state index contributed by atoms with van der Waals surface area (Å²) in [4.78, 5) is 6.45. The van der Waals surface area contributed by atoms with E-state index in [2.05, 4.69) is 118 Å². The first-order valence-corrected chi connectivity index (χ1v) is 23.3. The summed E-state index contributed by atoms with van der Waals surface area (Å²) in [6, 6.07) is 98.3. The van der Waals surface area contributed by atoms with Crippen LogP contribution in [0, 0.1) is 0 Å². The zero-order chi connectivity index (χ0) is 49.8. The first kappa shape index (κ1) is 40.9. The van der Waals surface area contributed by atoms with E-state index in [0.29, 0.717) is 29.6 Å². The molecule has 11 rings (SSSR count). The number of benzene rings is 11. The molecule has 70 heavy (non-hydrogen) atoms. The Balaban J connectivity index is 0.000000255. The summed E-state index contributed by atoms with van der Waals surface area (Å²) in [6.45, 7) is 0. The van der Waals surface area contributed by atoms with E-state index < -0.39 is 0 Å². The molecule has 0 unspecified atom stereocenters. The van der Waals surface area contributed by atoms with Gasteiger partial charge in [-0.1, -0.05) is 182 Å². The molecule has 0 bridgehead atoms. The molecule has 0 aliphatic carbocycles. The second-order valence-electron chi connectivity index (χ2n) is 16.4. The average molecular weight is 908 g/mol. The van der Waals surface area contributed by atoms with Gasteiger partial charge in [-0.2, -0.15) is 0 Å². The molecule has 0 spiro atoms. The van der Waals surface area contributed by atoms with Gasteiger partial charge in [-0.3, -0.25) is 0 Å². The fourth-order valence-electron chi connectivity index (χ4n) is 8.42. The minimum absolute atomic E-state index is 0.441. The first-order chi connectivity index (χ1) is 35.9. The molecule has 336 valence electrons. The van der Waals surface area contributed by atoms with Gasteiger partial charge in [0.2, 0.25) is 0 Å². The molecule has 0 atom stereocenters. The summed E-state index contributed by atoms with van der Waals surface area (Å²) < 4.78 is 30.9. The highest BCUT2D eigenvalue weighted by atomic mass is 16.5. The fourth-order valence-corrected chi connectivity index (χ4v) is 8.42. The Bertz CT molecular complexity index is 3470. The molecule has 0 aromatic heterocycles. The van der Waals surface area contributed by atoms with E-state index in [4.69, 9.17) is 8.85 Å². The van der Waals surface area contributed by atoms with Crippen LogP contribution in [-0.4, -0.2) is 0 Å². The molecule has 4 heteroatoms. The SMILES string of the molecule is [3H]c1cccc(N(c2ccc(Oc3cccc(N(c4ccc(-c5ccccc5)cc4)c4cccc([3H])c4)c3)cc2)c2ccc(-c3ccccc3)cc2)c1.[3H]c1cccc(N(c2ccccc2)c2ccccc2)c1. The summed E-state index contributed by atoms with van der Waals surface area (Å²) in [5.74, 6) is 1.39. The zero-order valence-electron chi connectivity index (χ0n) is 41.5. The predicted octanol–water partition coefficient (Wildman–Crippen LogP) is 18.9. The molecule has 0 aliphatic heterocycles. The molecule has 11 aromatic rings. The van der Waals surface area contributed by atoms with Crippen LogP contribution in [-0.2, 0) is 0 Å². The van der Waals surface area contributed by atoms with Gasteiger partial charge in [0.1, 0.15) is 11.5 Å². The van der Waals surface area contributed by atoms with E-state index in [9.17, 15) is 0 Å². The number of anilines is 9. The van der Waals surface area contributed by atoms with Gasteiger partial charge in [0.25, 0.3) is 0 Å². The van der Waals surface area contributed by atoms with Crippen LogP contribution in [0.2, 0.25) is 0 Å². The molecule has 0 saturated carbocycles. The maximum Gasteiger partial charge on any atom is 0.129 e. The topological polar surface area (TPSA) is 19.0 Å². The van der Waals surface area contributed by atoms with Gasteiger partial charge in [-0.25, -0.2) is 0 Å². The van der Waals surface area contributed by atoms with Crippen LogP contribution in [0.1, 0.15) is 4.11 Å². The molecule has 0 saturated heterocycles. The molecule has 0 radical (unpaired) electrons. The first-order valence-electron chi connectivity index (χ1n) is 24.8. The van der Waals surface area contributed by atoms with Crippen molar-refractivity contribution in [1.82, 2.24) is 0 Å². The summed E-state index contributed by atoms with van der Waals surface area (Å²) in [5.41, 5.74) is 13.4. The summed E-state index contributed by atoms with van der Waals surface area (Å²) >= 11 is 0. The molecule has 4 nitrogen and oxygen atoms in total. The van der Waals surface area contributed by atoms with Crippen molar-refractivity contribution in [3.8, 4) is 33.8 Å². The van der Waals surface area contributed by atoms with E-state index >= 15 is 0 Å². The largest absolute Gasteiger partial charge is 0.457 e. The molecule has 0 heterocycles. The van der Waals surface area contributed by atoms with Gasteiger partial charge in [0.05, 0.1) is 4.11 Å². The third kappa shape index (κ3) is 10.7. The predicted molar refractivity (Wildman–Crippen MR) is 294 cm³/mol. The highest BCUT2D eigenvalue weighted by Crippen LogP contribution is 2.40. The lowest BCUT2D eigenvalue weighted by Gasteiger charge is -2.26. The van der Waals surface area contributed by atoms with Gasteiger partial charge in [-0.15, -0.1) is 0 Å². The summed E-state index contributed by atoms with van der Waals surface area (Å²) in [7, 11) is 0. The van der Waals surface area contributed by atoms with Crippen molar-refractivity contribution in [1.29, 1.82) is 0 Å².